The standard InChI is InChI=1S/C20H18N4O2/c1-13-11-14(8-9-18(13)24-10-4-7-19(24)25)22-20(26)17-12-21-15-5-2-3-6-16(15)23-17/h2-3,5-6,8-9,11-12H,4,7,10H2,1H3,(H,22,26). The summed E-state index contributed by atoms with van der Waals surface area (Å²) in [6, 6.07) is 13.0. The van der Waals surface area contributed by atoms with E-state index in [2.05, 4.69) is 15.3 Å². The highest BCUT2D eigenvalue weighted by atomic mass is 16.2. The number of aromatic nitrogens is 2. The number of nitrogens with one attached hydrogen (secondary N) is 1. The zero-order valence-electron chi connectivity index (χ0n) is 14.4. The quantitative estimate of drug-likeness (QED) is 0.789. The Morgan fingerprint density at radius 2 is 1.96 bits per heavy atom. The number of para-hydroxylation sites is 2. The van der Waals surface area contributed by atoms with E-state index in [-0.39, 0.29) is 17.5 Å². The molecule has 1 saturated heterocycles. The first-order valence-corrected chi connectivity index (χ1v) is 8.56. The van der Waals surface area contributed by atoms with Crippen molar-refractivity contribution >= 4 is 34.2 Å². The lowest BCUT2D eigenvalue weighted by atomic mass is 10.1. The van der Waals surface area contributed by atoms with E-state index < -0.39 is 0 Å². The Morgan fingerprint density at radius 3 is 2.69 bits per heavy atom. The number of hydrogen-bond donors (Lipinski definition) is 1. The van der Waals surface area contributed by atoms with Gasteiger partial charge in [-0.2, -0.15) is 0 Å². The van der Waals surface area contributed by atoms with E-state index in [4.69, 9.17) is 0 Å². The van der Waals surface area contributed by atoms with E-state index in [0.717, 1.165) is 29.7 Å². The van der Waals surface area contributed by atoms with Crippen LogP contribution in [0.5, 0.6) is 0 Å². The number of rotatable bonds is 3. The van der Waals surface area contributed by atoms with Crippen molar-refractivity contribution in [1.29, 1.82) is 0 Å². The predicted molar refractivity (Wildman–Crippen MR) is 100 cm³/mol. The lowest BCUT2D eigenvalue weighted by Crippen LogP contribution is -2.24. The molecule has 4 rings (SSSR count). The van der Waals surface area contributed by atoms with Crippen LogP contribution >= 0.6 is 0 Å². The molecule has 1 aliphatic heterocycles. The minimum absolute atomic E-state index is 0.149. The van der Waals surface area contributed by atoms with Crippen LogP contribution in [-0.2, 0) is 4.79 Å². The van der Waals surface area contributed by atoms with Crippen molar-refractivity contribution in [2.75, 3.05) is 16.8 Å². The van der Waals surface area contributed by atoms with E-state index in [1.54, 1.807) is 11.0 Å². The fourth-order valence-electron chi connectivity index (χ4n) is 3.20. The molecule has 0 saturated carbocycles. The highest BCUT2D eigenvalue weighted by molar-refractivity contribution is 6.04. The van der Waals surface area contributed by atoms with Crippen molar-refractivity contribution in [3.05, 3.63) is 59.9 Å². The Balaban J connectivity index is 1.55. The van der Waals surface area contributed by atoms with Crippen LogP contribution in [0.15, 0.2) is 48.7 Å². The number of anilines is 2. The molecular weight excluding hydrogens is 328 g/mol. The van der Waals surface area contributed by atoms with Gasteiger partial charge in [-0.15, -0.1) is 0 Å². The zero-order chi connectivity index (χ0) is 18.1. The summed E-state index contributed by atoms with van der Waals surface area (Å²) < 4.78 is 0. The van der Waals surface area contributed by atoms with Gasteiger partial charge in [0.1, 0.15) is 5.69 Å². The number of benzene rings is 2. The first-order valence-electron chi connectivity index (χ1n) is 8.56. The third-order valence-corrected chi connectivity index (χ3v) is 4.50. The number of nitrogens with zero attached hydrogens (tertiary/aromatic N) is 3. The minimum Gasteiger partial charge on any atom is -0.321 e. The van der Waals surface area contributed by atoms with Crippen LogP contribution < -0.4 is 10.2 Å². The maximum absolute atomic E-state index is 12.5. The van der Waals surface area contributed by atoms with Crippen LogP contribution in [0, 0.1) is 6.92 Å². The van der Waals surface area contributed by atoms with Gasteiger partial charge in [0.05, 0.1) is 17.2 Å². The number of carbonyl (C=O) groups excluding carboxylic acids is 2. The summed E-state index contributed by atoms with van der Waals surface area (Å²) in [5.74, 6) is -0.163. The van der Waals surface area contributed by atoms with Gasteiger partial charge in [-0.25, -0.2) is 4.98 Å². The summed E-state index contributed by atoms with van der Waals surface area (Å²) >= 11 is 0. The molecule has 1 aromatic heterocycles. The number of carbonyl (C=O) groups is 2. The monoisotopic (exact) mass is 346 g/mol. The Kier molecular flexibility index (Phi) is 4.08. The van der Waals surface area contributed by atoms with Crippen molar-refractivity contribution < 1.29 is 9.59 Å². The average Bonchev–Trinajstić information content (AvgIpc) is 3.07. The van der Waals surface area contributed by atoms with Crippen molar-refractivity contribution in [2.45, 2.75) is 19.8 Å². The van der Waals surface area contributed by atoms with Crippen molar-refractivity contribution in [1.82, 2.24) is 9.97 Å². The van der Waals surface area contributed by atoms with Gasteiger partial charge in [0, 0.05) is 24.3 Å². The summed E-state index contributed by atoms with van der Waals surface area (Å²) in [5.41, 5.74) is 4.20. The SMILES string of the molecule is Cc1cc(NC(=O)c2cnc3ccccc3n2)ccc1N1CCCC1=O. The summed E-state index contributed by atoms with van der Waals surface area (Å²) in [4.78, 5) is 34.8. The second-order valence-electron chi connectivity index (χ2n) is 6.35. The molecular formula is C20H18N4O2. The fraction of sp³-hybridized carbons (Fsp3) is 0.200. The molecule has 3 aromatic rings. The van der Waals surface area contributed by atoms with Gasteiger partial charge < -0.3 is 10.2 Å². The lowest BCUT2D eigenvalue weighted by Gasteiger charge is -2.19. The molecule has 0 unspecified atom stereocenters. The second kappa shape index (κ2) is 6.55. The molecule has 6 nitrogen and oxygen atoms in total. The lowest BCUT2D eigenvalue weighted by molar-refractivity contribution is -0.117. The van der Waals surface area contributed by atoms with Crippen LogP contribution in [0.1, 0.15) is 28.9 Å². The maximum atomic E-state index is 12.5. The van der Waals surface area contributed by atoms with Crippen LogP contribution in [0.25, 0.3) is 11.0 Å². The Labute approximate surface area is 150 Å². The molecule has 2 aromatic carbocycles. The van der Waals surface area contributed by atoms with Crippen LogP contribution in [0.4, 0.5) is 11.4 Å². The zero-order valence-corrected chi connectivity index (χ0v) is 14.4. The molecule has 6 heteroatoms. The van der Waals surface area contributed by atoms with Gasteiger partial charge in [-0.3, -0.25) is 14.6 Å². The van der Waals surface area contributed by atoms with Gasteiger partial charge >= 0.3 is 0 Å². The molecule has 2 heterocycles. The highest BCUT2D eigenvalue weighted by Gasteiger charge is 2.23. The number of amides is 2. The Morgan fingerprint density at radius 1 is 1.15 bits per heavy atom. The smallest absolute Gasteiger partial charge is 0.275 e. The van der Waals surface area contributed by atoms with Crippen molar-refractivity contribution in [2.24, 2.45) is 0 Å². The predicted octanol–water partition coefficient (Wildman–Crippen LogP) is 3.32. The van der Waals surface area contributed by atoms with E-state index in [1.165, 1.54) is 6.20 Å². The summed E-state index contributed by atoms with van der Waals surface area (Å²) in [5, 5.41) is 2.85. The van der Waals surface area contributed by atoms with Gasteiger partial charge in [-0.05, 0) is 49.2 Å². The second-order valence-corrected chi connectivity index (χ2v) is 6.35. The summed E-state index contributed by atoms with van der Waals surface area (Å²) in [7, 11) is 0. The molecule has 26 heavy (non-hydrogen) atoms. The molecule has 0 radical (unpaired) electrons. The van der Waals surface area contributed by atoms with Crippen molar-refractivity contribution in [3.63, 3.8) is 0 Å². The molecule has 0 atom stereocenters. The maximum Gasteiger partial charge on any atom is 0.275 e. The topological polar surface area (TPSA) is 75.2 Å². The minimum atomic E-state index is -0.312. The van der Waals surface area contributed by atoms with E-state index >= 15 is 0 Å². The van der Waals surface area contributed by atoms with E-state index in [9.17, 15) is 9.59 Å². The number of fused-ring (bicyclic) bond motifs is 1. The van der Waals surface area contributed by atoms with Gasteiger partial charge in [0.25, 0.3) is 5.91 Å². The Bertz CT molecular complexity index is 1020. The molecule has 1 fully saturated rings. The van der Waals surface area contributed by atoms with E-state index in [1.807, 2.05) is 43.3 Å². The number of hydrogen-bond acceptors (Lipinski definition) is 4. The molecule has 0 bridgehead atoms. The normalized spacial score (nSPS) is 14.0. The average molecular weight is 346 g/mol. The number of aryl methyl sites for hydroxylation is 1. The van der Waals surface area contributed by atoms with Gasteiger partial charge in [-0.1, -0.05) is 12.1 Å². The van der Waals surface area contributed by atoms with Gasteiger partial charge in [0.2, 0.25) is 5.91 Å². The third-order valence-electron chi connectivity index (χ3n) is 4.50. The molecule has 2 amide bonds. The summed E-state index contributed by atoms with van der Waals surface area (Å²) in [6.45, 7) is 2.68. The fourth-order valence-corrected chi connectivity index (χ4v) is 3.20. The van der Waals surface area contributed by atoms with Gasteiger partial charge in [0.15, 0.2) is 0 Å². The molecule has 1 aliphatic rings. The van der Waals surface area contributed by atoms with Crippen molar-refractivity contribution in [3.8, 4) is 0 Å². The molecule has 0 spiro atoms. The largest absolute Gasteiger partial charge is 0.321 e. The Hall–Kier alpha value is -3.28. The third kappa shape index (κ3) is 3.01. The highest BCUT2D eigenvalue weighted by Crippen LogP contribution is 2.27. The van der Waals surface area contributed by atoms with Crippen LogP contribution in [0.2, 0.25) is 0 Å². The van der Waals surface area contributed by atoms with Crippen LogP contribution in [0.3, 0.4) is 0 Å². The molecule has 0 aliphatic carbocycles. The van der Waals surface area contributed by atoms with E-state index in [0.29, 0.717) is 17.6 Å². The first-order chi connectivity index (χ1) is 12.6. The van der Waals surface area contributed by atoms with Crippen LogP contribution in [-0.4, -0.2) is 28.3 Å². The molecule has 1 N–H and O–H groups in total. The first kappa shape index (κ1) is 16.2. The summed E-state index contributed by atoms with van der Waals surface area (Å²) in [6.07, 6.45) is 2.96. The molecule has 130 valence electrons.